The lowest BCUT2D eigenvalue weighted by atomic mass is 10.0. The van der Waals surface area contributed by atoms with E-state index in [1.165, 1.54) is 11.3 Å². The van der Waals surface area contributed by atoms with Crippen molar-refractivity contribution in [2.75, 3.05) is 6.54 Å². The molecule has 0 spiro atoms. The number of rotatable bonds is 6. The lowest BCUT2D eigenvalue weighted by Gasteiger charge is -2.20. The molecule has 114 valence electrons. The molecule has 0 saturated carbocycles. The number of nitrogens with one attached hydrogen (secondary N) is 1. The van der Waals surface area contributed by atoms with Gasteiger partial charge < -0.3 is 5.32 Å². The molecule has 0 aliphatic rings. The molecule has 1 aromatic carbocycles. The third-order valence-corrected chi connectivity index (χ3v) is 5.34. The molecule has 0 aliphatic heterocycles. The summed E-state index contributed by atoms with van der Waals surface area (Å²) in [5.74, 6) is 0. The van der Waals surface area contributed by atoms with Crippen molar-refractivity contribution >= 4 is 31.9 Å². The van der Waals surface area contributed by atoms with E-state index in [-0.39, 0.29) is 6.04 Å². The van der Waals surface area contributed by atoms with Crippen molar-refractivity contribution in [1.29, 1.82) is 0 Å². The summed E-state index contributed by atoms with van der Waals surface area (Å²) >= 11 is 7.36. The van der Waals surface area contributed by atoms with Gasteiger partial charge in [-0.25, -0.2) is 0 Å². The van der Waals surface area contributed by atoms with E-state index in [1.807, 2.05) is 13.0 Å². The molecule has 1 atom stereocenters. The van der Waals surface area contributed by atoms with E-state index in [0.29, 0.717) is 0 Å². The predicted molar refractivity (Wildman–Crippen MR) is 94.6 cm³/mol. The van der Waals surface area contributed by atoms with Crippen LogP contribution < -0.4 is 5.32 Å². The number of benzene rings is 1. The Hall–Kier alpha value is -0.650. The van der Waals surface area contributed by atoms with E-state index in [4.69, 9.17) is 0 Å². The van der Waals surface area contributed by atoms with Gasteiger partial charge >= 0.3 is 0 Å². The van der Waals surface area contributed by atoms with E-state index in [1.54, 1.807) is 0 Å². The van der Waals surface area contributed by atoms with E-state index in [9.17, 15) is 0 Å². The molecule has 1 unspecified atom stereocenters. The van der Waals surface area contributed by atoms with E-state index < -0.39 is 0 Å². The fraction of sp³-hybridized carbons (Fsp3) is 0.438. The Kier molecular flexibility index (Phi) is 6.02. The molecule has 0 fully saturated rings. The minimum Gasteiger partial charge on any atom is -0.310 e. The highest BCUT2D eigenvalue weighted by Crippen LogP contribution is 2.29. The standard InChI is InChI=1S/C16H21Br2N3/c1-4-19-14(12-8-6-7-9-13(12)17)10-15-16(18)11(3)20-21(15)5-2/h6-9,14,19H,4-5,10H2,1-3H3. The van der Waals surface area contributed by atoms with E-state index >= 15 is 0 Å². The number of likely N-dealkylation sites (N-methyl/N-ethyl adjacent to an activating group) is 1. The summed E-state index contributed by atoms with van der Waals surface area (Å²) in [5.41, 5.74) is 3.58. The maximum atomic E-state index is 4.59. The van der Waals surface area contributed by atoms with Gasteiger partial charge in [0.05, 0.1) is 15.9 Å². The normalized spacial score (nSPS) is 12.6. The van der Waals surface area contributed by atoms with Crippen LogP contribution in [0.4, 0.5) is 0 Å². The number of hydrogen-bond acceptors (Lipinski definition) is 2. The average molecular weight is 415 g/mol. The highest BCUT2D eigenvalue weighted by atomic mass is 79.9. The van der Waals surface area contributed by atoms with Crippen LogP contribution in [-0.4, -0.2) is 16.3 Å². The minimum atomic E-state index is 0.267. The lowest BCUT2D eigenvalue weighted by Crippen LogP contribution is -2.24. The van der Waals surface area contributed by atoms with Crippen molar-refractivity contribution in [1.82, 2.24) is 15.1 Å². The summed E-state index contributed by atoms with van der Waals surface area (Å²) in [6, 6.07) is 8.67. The lowest BCUT2D eigenvalue weighted by molar-refractivity contribution is 0.514. The Bertz CT molecular complexity index is 608. The number of nitrogens with zero attached hydrogens (tertiary/aromatic N) is 2. The largest absolute Gasteiger partial charge is 0.310 e. The number of aryl methyl sites for hydroxylation is 2. The molecule has 3 nitrogen and oxygen atoms in total. The van der Waals surface area contributed by atoms with Crippen LogP contribution in [0.3, 0.4) is 0 Å². The molecular formula is C16H21Br2N3. The fourth-order valence-corrected chi connectivity index (χ4v) is 3.56. The van der Waals surface area contributed by atoms with Crippen LogP contribution in [0.2, 0.25) is 0 Å². The van der Waals surface area contributed by atoms with Crippen LogP contribution in [0.5, 0.6) is 0 Å². The van der Waals surface area contributed by atoms with Gasteiger partial charge in [0.15, 0.2) is 0 Å². The van der Waals surface area contributed by atoms with Crippen molar-refractivity contribution in [2.45, 2.75) is 39.8 Å². The third-order valence-electron chi connectivity index (χ3n) is 3.58. The summed E-state index contributed by atoms with van der Waals surface area (Å²) in [5, 5.41) is 8.17. The van der Waals surface area contributed by atoms with Crippen LogP contribution in [0, 0.1) is 6.92 Å². The predicted octanol–water partition coefficient (Wildman–Crippen LogP) is 4.63. The Morgan fingerprint density at radius 1 is 1.24 bits per heavy atom. The zero-order valence-electron chi connectivity index (χ0n) is 12.7. The first-order valence-corrected chi connectivity index (χ1v) is 8.86. The van der Waals surface area contributed by atoms with Gasteiger partial charge in [0.2, 0.25) is 0 Å². The molecule has 5 heteroatoms. The third kappa shape index (κ3) is 3.76. The van der Waals surface area contributed by atoms with Gasteiger partial charge in [-0.15, -0.1) is 0 Å². The quantitative estimate of drug-likeness (QED) is 0.746. The van der Waals surface area contributed by atoms with E-state index in [2.05, 4.69) is 79.0 Å². The molecule has 0 bridgehead atoms. The molecule has 0 saturated heterocycles. The van der Waals surface area contributed by atoms with Gasteiger partial charge in [0.1, 0.15) is 0 Å². The van der Waals surface area contributed by atoms with Crippen molar-refractivity contribution < 1.29 is 0 Å². The van der Waals surface area contributed by atoms with Crippen LogP contribution >= 0.6 is 31.9 Å². The molecule has 0 radical (unpaired) electrons. The molecule has 2 aromatic rings. The molecule has 1 heterocycles. The van der Waals surface area contributed by atoms with Crippen molar-refractivity contribution in [2.24, 2.45) is 0 Å². The average Bonchev–Trinajstić information content (AvgIpc) is 2.75. The molecule has 2 rings (SSSR count). The molecule has 0 amide bonds. The van der Waals surface area contributed by atoms with Gasteiger partial charge in [-0.05, 0) is 48.0 Å². The van der Waals surface area contributed by atoms with Crippen molar-refractivity contribution in [3.8, 4) is 0 Å². The Labute approximate surface area is 143 Å². The Morgan fingerprint density at radius 2 is 1.95 bits per heavy atom. The van der Waals surface area contributed by atoms with Gasteiger partial charge in [0.25, 0.3) is 0 Å². The van der Waals surface area contributed by atoms with Gasteiger partial charge in [-0.1, -0.05) is 41.1 Å². The van der Waals surface area contributed by atoms with Crippen LogP contribution in [0.15, 0.2) is 33.2 Å². The molecule has 21 heavy (non-hydrogen) atoms. The van der Waals surface area contributed by atoms with Gasteiger partial charge in [0, 0.05) is 23.5 Å². The van der Waals surface area contributed by atoms with Crippen LogP contribution in [-0.2, 0) is 13.0 Å². The SMILES string of the molecule is CCNC(Cc1c(Br)c(C)nn1CC)c1ccccc1Br. The first kappa shape index (κ1) is 16.7. The first-order chi connectivity index (χ1) is 10.1. The topological polar surface area (TPSA) is 29.9 Å². The Balaban J connectivity index is 2.35. The van der Waals surface area contributed by atoms with Gasteiger partial charge in [-0.3, -0.25) is 4.68 Å². The second-order valence-electron chi connectivity index (χ2n) is 5.00. The summed E-state index contributed by atoms with van der Waals surface area (Å²) in [6.07, 6.45) is 0.908. The molecule has 1 N–H and O–H groups in total. The zero-order chi connectivity index (χ0) is 15.4. The van der Waals surface area contributed by atoms with E-state index in [0.717, 1.165) is 34.1 Å². The first-order valence-electron chi connectivity index (χ1n) is 7.28. The smallest absolute Gasteiger partial charge is 0.0738 e. The Morgan fingerprint density at radius 3 is 2.57 bits per heavy atom. The maximum Gasteiger partial charge on any atom is 0.0738 e. The second-order valence-corrected chi connectivity index (χ2v) is 6.65. The fourth-order valence-electron chi connectivity index (χ4n) is 2.55. The second kappa shape index (κ2) is 7.56. The molecule has 1 aromatic heterocycles. The maximum absolute atomic E-state index is 4.59. The van der Waals surface area contributed by atoms with Gasteiger partial charge in [-0.2, -0.15) is 5.10 Å². The monoisotopic (exact) mass is 413 g/mol. The zero-order valence-corrected chi connectivity index (χ0v) is 15.8. The highest BCUT2D eigenvalue weighted by Gasteiger charge is 2.19. The number of aromatic nitrogens is 2. The number of halogens is 2. The number of hydrogen-bond donors (Lipinski definition) is 1. The van der Waals surface area contributed by atoms with Crippen LogP contribution in [0.1, 0.15) is 36.8 Å². The van der Waals surface area contributed by atoms with Crippen LogP contribution in [0.25, 0.3) is 0 Å². The van der Waals surface area contributed by atoms with Crippen molar-refractivity contribution in [3.05, 3.63) is 50.2 Å². The molecule has 0 aliphatic carbocycles. The summed E-state index contributed by atoms with van der Waals surface area (Å²) in [4.78, 5) is 0. The molecular weight excluding hydrogens is 394 g/mol. The summed E-state index contributed by atoms with van der Waals surface area (Å²) in [7, 11) is 0. The summed E-state index contributed by atoms with van der Waals surface area (Å²) < 4.78 is 4.35. The highest BCUT2D eigenvalue weighted by molar-refractivity contribution is 9.10. The minimum absolute atomic E-state index is 0.267. The summed E-state index contributed by atoms with van der Waals surface area (Å²) in [6.45, 7) is 8.13. The van der Waals surface area contributed by atoms with Crippen molar-refractivity contribution in [3.63, 3.8) is 0 Å².